The van der Waals surface area contributed by atoms with Crippen molar-refractivity contribution >= 4 is 38.8 Å². The highest BCUT2D eigenvalue weighted by Gasteiger charge is 2.35. The molecule has 140 valence electrons. The molecule has 1 saturated carbocycles. The van der Waals surface area contributed by atoms with Gasteiger partial charge in [0.1, 0.15) is 4.83 Å². The normalized spacial score (nSPS) is 18.3. The number of hydrogen-bond donors (Lipinski definition) is 0. The minimum Gasteiger partial charge on any atom is -0.342 e. The predicted octanol–water partition coefficient (Wildman–Crippen LogP) is 3.84. The maximum absolute atomic E-state index is 13.1. The van der Waals surface area contributed by atoms with Crippen molar-refractivity contribution in [2.75, 3.05) is 13.1 Å². The minimum atomic E-state index is 0.0566. The van der Waals surface area contributed by atoms with Crippen molar-refractivity contribution in [2.45, 2.75) is 32.2 Å². The number of likely N-dealkylation sites (tertiary alicyclic amines) is 1. The van der Waals surface area contributed by atoms with Crippen LogP contribution in [0, 0.1) is 11.8 Å². The van der Waals surface area contributed by atoms with Crippen molar-refractivity contribution in [1.82, 2.24) is 14.5 Å². The zero-order valence-corrected chi connectivity index (χ0v) is 16.6. The topological polar surface area (TPSA) is 55.2 Å². The molecule has 1 aliphatic carbocycles. The molecule has 5 rings (SSSR count). The Kier molecular flexibility index (Phi) is 4.36. The van der Waals surface area contributed by atoms with Crippen molar-refractivity contribution in [2.24, 2.45) is 11.8 Å². The summed E-state index contributed by atoms with van der Waals surface area (Å²) in [7, 11) is 0. The summed E-state index contributed by atoms with van der Waals surface area (Å²) in [5.41, 5.74) is 1.06. The van der Waals surface area contributed by atoms with Gasteiger partial charge in [0.2, 0.25) is 5.91 Å². The molecule has 0 aromatic carbocycles. The molecule has 1 saturated heterocycles. The third-order valence-corrected chi connectivity index (χ3v) is 7.44. The van der Waals surface area contributed by atoms with Crippen LogP contribution in [-0.2, 0) is 11.3 Å². The van der Waals surface area contributed by atoms with Crippen LogP contribution in [0.2, 0.25) is 0 Å². The minimum absolute atomic E-state index is 0.0566. The molecule has 0 unspecified atom stereocenters. The molecule has 1 amide bonds. The second-order valence-corrected chi connectivity index (χ2v) is 9.36. The molecule has 7 heteroatoms. The van der Waals surface area contributed by atoms with Crippen LogP contribution in [0.3, 0.4) is 0 Å². The number of amides is 1. The van der Waals surface area contributed by atoms with E-state index in [0.29, 0.717) is 24.3 Å². The average Bonchev–Trinajstić information content (AvgIpc) is 3.22. The molecule has 0 N–H and O–H groups in total. The Hall–Kier alpha value is -1.99. The standard InChI is InChI=1S/C20H21N3O2S2/c24-19(14-3-4-14)22-7-5-13(6-8-22)10-23-12-21-18-17(20(23)25)15(11-27-18)16-2-1-9-26-16/h1-2,9,11-14H,3-8,10H2. The van der Waals surface area contributed by atoms with E-state index in [9.17, 15) is 9.59 Å². The van der Waals surface area contributed by atoms with Crippen molar-refractivity contribution in [1.29, 1.82) is 0 Å². The Morgan fingerprint density at radius 2 is 2.00 bits per heavy atom. The third kappa shape index (κ3) is 3.23. The second kappa shape index (κ2) is 6.87. The summed E-state index contributed by atoms with van der Waals surface area (Å²) < 4.78 is 1.77. The van der Waals surface area contributed by atoms with E-state index in [1.807, 2.05) is 21.7 Å². The maximum atomic E-state index is 13.1. The van der Waals surface area contributed by atoms with Crippen LogP contribution in [0.15, 0.2) is 34.0 Å². The van der Waals surface area contributed by atoms with Gasteiger partial charge < -0.3 is 4.90 Å². The predicted molar refractivity (Wildman–Crippen MR) is 109 cm³/mol. The third-order valence-electron chi connectivity index (χ3n) is 5.66. The van der Waals surface area contributed by atoms with Gasteiger partial charge in [-0.1, -0.05) is 6.07 Å². The Bertz CT molecular complexity index is 1030. The summed E-state index contributed by atoms with van der Waals surface area (Å²) in [4.78, 5) is 33.8. The van der Waals surface area contributed by atoms with Gasteiger partial charge >= 0.3 is 0 Å². The van der Waals surface area contributed by atoms with Gasteiger partial charge in [-0.15, -0.1) is 22.7 Å². The molecule has 0 bridgehead atoms. The summed E-state index contributed by atoms with van der Waals surface area (Å²) in [6, 6.07) is 4.06. The van der Waals surface area contributed by atoms with E-state index in [2.05, 4.69) is 11.1 Å². The largest absolute Gasteiger partial charge is 0.342 e. The number of carbonyl (C=O) groups excluding carboxylic acids is 1. The van der Waals surface area contributed by atoms with Gasteiger partial charge in [-0.05, 0) is 43.0 Å². The van der Waals surface area contributed by atoms with Gasteiger partial charge in [0, 0.05) is 41.4 Å². The fraction of sp³-hybridized carbons (Fsp3) is 0.450. The van der Waals surface area contributed by atoms with Gasteiger partial charge in [-0.25, -0.2) is 4.98 Å². The molecule has 0 radical (unpaired) electrons. The molecule has 0 spiro atoms. The molecule has 27 heavy (non-hydrogen) atoms. The maximum Gasteiger partial charge on any atom is 0.262 e. The lowest BCUT2D eigenvalue weighted by Gasteiger charge is -2.32. The summed E-state index contributed by atoms with van der Waals surface area (Å²) in [5, 5.41) is 4.81. The Morgan fingerprint density at radius 1 is 1.19 bits per heavy atom. The van der Waals surface area contributed by atoms with Gasteiger partial charge in [0.25, 0.3) is 5.56 Å². The average molecular weight is 400 g/mol. The highest BCUT2D eigenvalue weighted by atomic mass is 32.1. The van der Waals surface area contributed by atoms with Crippen molar-refractivity contribution in [3.05, 3.63) is 39.6 Å². The lowest BCUT2D eigenvalue weighted by molar-refractivity contribution is -0.134. The van der Waals surface area contributed by atoms with Gasteiger partial charge in [0.15, 0.2) is 0 Å². The lowest BCUT2D eigenvalue weighted by atomic mass is 9.96. The van der Waals surface area contributed by atoms with Crippen molar-refractivity contribution in [3.8, 4) is 10.4 Å². The highest BCUT2D eigenvalue weighted by molar-refractivity contribution is 7.18. The number of thiophene rings is 2. The van der Waals surface area contributed by atoms with Crippen LogP contribution in [0.1, 0.15) is 25.7 Å². The quantitative estimate of drug-likeness (QED) is 0.670. The van der Waals surface area contributed by atoms with Gasteiger partial charge in [0.05, 0.1) is 11.7 Å². The number of nitrogens with zero attached hydrogens (tertiary/aromatic N) is 3. The highest BCUT2D eigenvalue weighted by Crippen LogP contribution is 2.34. The molecule has 4 heterocycles. The van der Waals surface area contributed by atoms with Crippen LogP contribution in [0.25, 0.3) is 20.7 Å². The zero-order valence-electron chi connectivity index (χ0n) is 15.0. The summed E-state index contributed by atoms with van der Waals surface area (Å²) in [6.45, 7) is 2.33. The molecular weight excluding hydrogens is 378 g/mol. The van der Waals surface area contributed by atoms with E-state index in [4.69, 9.17) is 0 Å². The van der Waals surface area contributed by atoms with E-state index in [-0.39, 0.29) is 5.56 Å². The smallest absolute Gasteiger partial charge is 0.262 e. The molecule has 5 nitrogen and oxygen atoms in total. The van der Waals surface area contributed by atoms with Crippen LogP contribution < -0.4 is 5.56 Å². The molecular formula is C20H21N3O2S2. The molecule has 2 aliphatic rings. The first-order valence-corrected chi connectivity index (χ1v) is 11.3. The monoisotopic (exact) mass is 399 g/mol. The molecule has 2 fully saturated rings. The van der Waals surface area contributed by atoms with E-state index in [0.717, 1.165) is 59.4 Å². The number of hydrogen-bond acceptors (Lipinski definition) is 5. The molecule has 3 aromatic heterocycles. The Morgan fingerprint density at radius 3 is 2.70 bits per heavy atom. The first kappa shape index (κ1) is 17.1. The SMILES string of the molecule is O=C(C1CC1)N1CCC(Cn2cnc3scc(-c4cccs4)c3c2=O)CC1. The fourth-order valence-electron chi connectivity index (χ4n) is 3.91. The van der Waals surface area contributed by atoms with E-state index < -0.39 is 0 Å². The lowest BCUT2D eigenvalue weighted by Crippen LogP contribution is -2.40. The van der Waals surface area contributed by atoms with Gasteiger partial charge in [-0.2, -0.15) is 0 Å². The Labute approximate surface area is 165 Å². The van der Waals surface area contributed by atoms with Crippen LogP contribution >= 0.6 is 22.7 Å². The number of aromatic nitrogens is 2. The van der Waals surface area contributed by atoms with Crippen LogP contribution in [0.4, 0.5) is 0 Å². The van der Waals surface area contributed by atoms with E-state index in [1.54, 1.807) is 22.2 Å². The number of rotatable bonds is 4. The second-order valence-electron chi connectivity index (χ2n) is 7.55. The number of carbonyl (C=O) groups is 1. The summed E-state index contributed by atoms with van der Waals surface area (Å²) in [6.07, 6.45) is 5.75. The number of piperidine rings is 1. The van der Waals surface area contributed by atoms with Crippen molar-refractivity contribution in [3.63, 3.8) is 0 Å². The van der Waals surface area contributed by atoms with Crippen LogP contribution in [-0.4, -0.2) is 33.4 Å². The zero-order chi connectivity index (χ0) is 18.4. The summed E-state index contributed by atoms with van der Waals surface area (Å²) >= 11 is 3.18. The molecule has 0 atom stereocenters. The molecule has 3 aromatic rings. The fourth-order valence-corrected chi connectivity index (χ4v) is 5.63. The summed E-state index contributed by atoms with van der Waals surface area (Å²) in [5.74, 6) is 1.06. The first-order valence-electron chi connectivity index (χ1n) is 9.50. The first-order chi connectivity index (χ1) is 13.2. The van der Waals surface area contributed by atoms with Crippen LogP contribution in [0.5, 0.6) is 0 Å². The Balaban J connectivity index is 1.35. The van der Waals surface area contributed by atoms with E-state index in [1.165, 1.54) is 11.3 Å². The van der Waals surface area contributed by atoms with Crippen molar-refractivity contribution < 1.29 is 4.79 Å². The molecule has 1 aliphatic heterocycles. The van der Waals surface area contributed by atoms with Gasteiger partial charge in [-0.3, -0.25) is 14.2 Å². The van der Waals surface area contributed by atoms with E-state index >= 15 is 0 Å². The number of fused-ring (bicyclic) bond motifs is 1.